The Balaban J connectivity index is 2.42. The van der Waals surface area contributed by atoms with Gasteiger partial charge in [0.05, 0.1) is 20.3 Å². The van der Waals surface area contributed by atoms with Crippen molar-refractivity contribution in [3.8, 4) is 11.5 Å². The highest BCUT2D eigenvalue weighted by Crippen LogP contribution is 2.30. The van der Waals surface area contributed by atoms with E-state index in [2.05, 4.69) is 0 Å². The van der Waals surface area contributed by atoms with Gasteiger partial charge in [-0.2, -0.15) is 0 Å². The monoisotopic (exact) mass is 299 g/mol. The summed E-state index contributed by atoms with van der Waals surface area (Å²) in [7, 11) is 3.24. The molecule has 0 amide bonds. The van der Waals surface area contributed by atoms with Crippen LogP contribution in [0, 0.1) is 0 Å². The summed E-state index contributed by atoms with van der Waals surface area (Å²) in [4.78, 5) is 11.8. The normalized spacial score (nSPS) is 12.0. The minimum atomic E-state index is -0.596. The highest BCUT2D eigenvalue weighted by Gasteiger charge is 2.25. The van der Waals surface area contributed by atoms with Crippen molar-refractivity contribution in [2.24, 2.45) is 5.73 Å². The molecule has 2 N–H and O–H groups in total. The quantitative estimate of drug-likeness (QED) is 0.891. The van der Waals surface area contributed by atoms with Crippen molar-refractivity contribution >= 4 is 5.78 Å². The highest BCUT2D eigenvalue weighted by molar-refractivity contribution is 5.83. The minimum absolute atomic E-state index is 0.0448. The molecule has 4 heteroatoms. The van der Waals surface area contributed by atoms with Gasteiger partial charge >= 0.3 is 0 Å². The van der Waals surface area contributed by atoms with Crippen molar-refractivity contribution in [1.82, 2.24) is 0 Å². The first kappa shape index (κ1) is 16.0. The van der Waals surface area contributed by atoms with Crippen molar-refractivity contribution in [3.05, 3.63) is 59.7 Å². The van der Waals surface area contributed by atoms with E-state index in [0.29, 0.717) is 0 Å². The summed E-state index contributed by atoms with van der Waals surface area (Å²) in [6.07, 6.45) is 0. The molecule has 4 nitrogen and oxygen atoms in total. The van der Waals surface area contributed by atoms with Gasteiger partial charge in [0.1, 0.15) is 17.3 Å². The second kappa shape index (κ2) is 7.09. The van der Waals surface area contributed by atoms with Crippen LogP contribution >= 0.6 is 0 Å². The molecule has 0 radical (unpaired) electrons. The predicted octanol–water partition coefficient (Wildman–Crippen LogP) is 2.75. The van der Waals surface area contributed by atoms with E-state index in [1.54, 1.807) is 14.2 Å². The van der Waals surface area contributed by atoms with E-state index in [9.17, 15) is 4.79 Å². The Morgan fingerprint density at radius 1 is 0.864 bits per heavy atom. The second-order valence-electron chi connectivity index (χ2n) is 5.16. The molecule has 2 aromatic carbocycles. The van der Waals surface area contributed by atoms with E-state index in [1.807, 2.05) is 48.5 Å². The van der Waals surface area contributed by atoms with E-state index in [0.717, 1.165) is 22.6 Å². The molecule has 0 spiro atoms. The van der Waals surface area contributed by atoms with Crippen LogP contribution in [0.1, 0.15) is 24.0 Å². The van der Waals surface area contributed by atoms with Crippen LogP contribution in [-0.2, 0) is 4.79 Å². The number of hydrogen-bond acceptors (Lipinski definition) is 4. The number of carbonyl (C=O) groups excluding carboxylic acids is 1. The lowest BCUT2D eigenvalue weighted by Crippen LogP contribution is -2.35. The van der Waals surface area contributed by atoms with Gasteiger partial charge in [0, 0.05) is 5.92 Å². The largest absolute Gasteiger partial charge is 0.497 e. The first-order valence-electron chi connectivity index (χ1n) is 7.10. The number of rotatable bonds is 6. The SMILES string of the molecule is COc1ccc(C(c2ccc(OC)cc2)[C@@H](N)C(C)=O)cc1. The number of ketones is 1. The Hall–Kier alpha value is -2.33. The van der Waals surface area contributed by atoms with Gasteiger partial charge in [-0.15, -0.1) is 0 Å². The number of ether oxygens (including phenoxy) is 2. The summed E-state index contributed by atoms with van der Waals surface area (Å²) in [6, 6.07) is 14.7. The maximum absolute atomic E-state index is 11.8. The zero-order chi connectivity index (χ0) is 16.1. The lowest BCUT2D eigenvalue weighted by molar-refractivity contribution is -0.118. The molecule has 0 bridgehead atoms. The summed E-state index contributed by atoms with van der Waals surface area (Å²) in [5.74, 6) is 1.30. The zero-order valence-electron chi connectivity index (χ0n) is 13.1. The fraction of sp³-hybridized carbons (Fsp3) is 0.278. The lowest BCUT2D eigenvalue weighted by atomic mass is 9.84. The highest BCUT2D eigenvalue weighted by atomic mass is 16.5. The Bertz CT molecular complexity index is 572. The number of Topliss-reactive ketones (excluding diaryl/α,β-unsaturated/α-hetero) is 1. The smallest absolute Gasteiger partial charge is 0.147 e. The summed E-state index contributed by atoms with van der Waals surface area (Å²) >= 11 is 0. The van der Waals surface area contributed by atoms with Crippen LogP contribution in [0.2, 0.25) is 0 Å². The van der Waals surface area contributed by atoms with Gasteiger partial charge in [-0.25, -0.2) is 0 Å². The molecule has 0 aliphatic rings. The van der Waals surface area contributed by atoms with Gasteiger partial charge in [-0.3, -0.25) is 4.79 Å². The van der Waals surface area contributed by atoms with E-state index in [1.165, 1.54) is 6.92 Å². The van der Waals surface area contributed by atoms with Gasteiger partial charge in [-0.1, -0.05) is 24.3 Å². The number of benzene rings is 2. The van der Waals surface area contributed by atoms with Crippen LogP contribution in [0.3, 0.4) is 0 Å². The topological polar surface area (TPSA) is 61.6 Å². The Labute approximate surface area is 130 Å². The molecular weight excluding hydrogens is 278 g/mol. The van der Waals surface area contributed by atoms with Gasteiger partial charge in [-0.05, 0) is 42.3 Å². The van der Waals surface area contributed by atoms with Crippen molar-refractivity contribution in [2.45, 2.75) is 18.9 Å². The third kappa shape index (κ3) is 3.46. The van der Waals surface area contributed by atoms with Gasteiger partial charge in [0.2, 0.25) is 0 Å². The van der Waals surface area contributed by atoms with Crippen LogP contribution in [0.15, 0.2) is 48.5 Å². The van der Waals surface area contributed by atoms with Crippen LogP contribution in [0.25, 0.3) is 0 Å². The molecular formula is C18H21NO3. The van der Waals surface area contributed by atoms with Crippen LogP contribution in [0.5, 0.6) is 11.5 Å². The van der Waals surface area contributed by atoms with Crippen LogP contribution < -0.4 is 15.2 Å². The molecule has 0 aliphatic carbocycles. The standard InChI is InChI=1S/C18H21NO3/c1-12(20)18(19)17(13-4-8-15(21-2)9-5-13)14-6-10-16(22-3)11-7-14/h4-11,17-18H,19H2,1-3H3/t18-/m0/s1. The summed E-state index contributed by atoms with van der Waals surface area (Å²) in [5, 5.41) is 0. The molecule has 0 saturated heterocycles. The van der Waals surface area contributed by atoms with E-state index in [-0.39, 0.29) is 11.7 Å². The molecule has 0 heterocycles. The van der Waals surface area contributed by atoms with E-state index in [4.69, 9.17) is 15.2 Å². The second-order valence-corrected chi connectivity index (χ2v) is 5.16. The van der Waals surface area contributed by atoms with Gasteiger partial charge in [0.25, 0.3) is 0 Å². The molecule has 0 aliphatic heterocycles. The fourth-order valence-electron chi connectivity index (χ4n) is 2.46. The van der Waals surface area contributed by atoms with Crippen molar-refractivity contribution in [3.63, 3.8) is 0 Å². The average molecular weight is 299 g/mol. The van der Waals surface area contributed by atoms with Crippen LogP contribution in [0.4, 0.5) is 0 Å². The molecule has 2 rings (SSSR count). The first-order valence-corrected chi connectivity index (χ1v) is 7.10. The number of carbonyl (C=O) groups is 1. The molecule has 0 aromatic heterocycles. The number of nitrogens with two attached hydrogens (primary N) is 1. The summed E-state index contributed by atoms with van der Waals surface area (Å²) in [6.45, 7) is 1.52. The molecule has 22 heavy (non-hydrogen) atoms. The molecule has 1 atom stereocenters. The predicted molar refractivity (Wildman–Crippen MR) is 86.5 cm³/mol. The van der Waals surface area contributed by atoms with E-state index < -0.39 is 6.04 Å². The third-order valence-corrected chi connectivity index (χ3v) is 3.78. The molecule has 0 fully saturated rings. The number of methoxy groups -OCH3 is 2. The Morgan fingerprint density at radius 3 is 1.50 bits per heavy atom. The maximum Gasteiger partial charge on any atom is 0.147 e. The van der Waals surface area contributed by atoms with E-state index >= 15 is 0 Å². The maximum atomic E-state index is 11.8. The van der Waals surface area contributed by atoms with Crippen molar-refractivity contribution in [2.75, 3.05) is 14.2 Å². The Morgan fingerprint density at radius 2 is 1.23 bits per heavy atom. The minimum Gasteiger partial charge on any atom is -0.497 e. The lowest BCUT2D eigenvalue weighted by Gasteiger charge is -2.23. The van der Waals surface area contributed by atoms with Gasteiger partial charge < -0.3 is 15.2 Å². The van der Waals surface area contributed by atoms with Crippen LogP contribution in [-0.4, -0.2) is 26.0 Å². The van der Waals surface area contributed by atoms with Crippen molar-refractivity contribution < 1.29 is 14.3 Å². The van der Waals surface area contributed by atoms with Gasteiger partial charge in [0.15, 0.2) is 0 Å². The first-order chi connectivity index (χ1) is 10.6. The summed E-state index contributed by atoms with van der Waals surface area (Å²) in [5.41, 5.74) is 8.11. The fourth-order valence-corrected chi connectivity index (χ4v) is 2.46. The number of hydrogen-bond donors (Lipinski definition) is 1. The average Bonchev–Trinajstić information content (AvgIpc) is 2.56. The van der Waals surface area contributed by atoms with Crippen molar-refractivity contribution in [1.29, 1.82) is 0 Å². The molecule has 2 aromatic rings. The molecule has 0 unspecified atom stereocenters. The zero-order valence-corrected chi connectivity index (χ0v) is 13.1. The summed E-state index contributed by atoms with van der Waals surface area (Å²) < 4.78 is 10.4. The molecule has 116 valence electrons. The molecule has 0 saturated carbocycles. The third-order valence-electron chi connectivity index (χ3n) is 3.78. The Kier molecular flexibility index (Phi) is 5.17.